The van der Waals surface area contributed by atoms with E-state index >= 15 is 0 Å². The van der Waals surface area contributed by atoms with E-state index in [1.165, 1.54) is 17.4 Å². The summed E-state index contributed by atoms with van der Waals surface area (Å²) < 4.78 is 39.0. The molecule has 0 fully saturated rings. The molecular weight excluding hydrogens is 558 g/mol. The maximum Gasteiger partial charge on any atom is 0.323 e. The molecule has 12 nitrogen and oxygen atoms in total. The third kappa shape index (κ3) is 6.14. The second-order valence-corrected chi connectivity index (χ2v) is 13.0. The number of benzene rings is 1. The van der Waals surface area contributed by atoms with Crippen LogP contribution >= 0.6 is 11.3 Å². The van der Waals surface area contributed by atoms with Crippen LogP contribution in [0.5, 0.6) is 5.75 Å². The highest BCUT2D eigenvalue weighted by Crippen LogP contribution is 2.31. The molecule has 3 amide bonds. The molecule has 3 aromatic rings. The molecule has 0 spiro atoms. The molecule has 0 saturated heterocycles. The standard InChI is InChI=1S/C26H33N5O7S2/c1-15-12-31(16(2)14-32)25(33)20-11-19(27-26(34)28-24-17(3)29-38-18(24)4)8-9-21(20)37-22(15)13-30(5)40(35,36)23-7-6-10-39-23/h6-11,15-16,22,32H,12-14H2,1-5H3,(H2,27,28,34)/t15-,16+,22+/m1/s1. The molecule has 0 unspecified atom stereocenters. The first-order chi connectivity index (χ1) is 18.9. The lowest BCUT2D eigenvalue weighted by atomic mass is 9.99. The number of carbonyl (C=O) groups is 2. The van der Waals surface area contributed by atoms with Crippen molar-refractivity contribution in [3.63, 3.8) is 0 Å². The van der Waals surface area contributed by atoms with E-state index in [1.54, 1.807) is 55.3 Å². The summed E-state index contributed by atoms with van der Waals surface area (Å²) in [6.45, 7) is 6.98. The molecule has 0 radical (unpaired) electrons. The number of carbonyl (C=O) groups excluding carboxylic acids is 2. The predicted octanol–water partition coefficient (Wildman–Crippen LogP) is 3.54. The summed E-state index contributed by atoms with van der Waals surface area (Å²) in [5, 5.41) is 20.8. The number of hydrogen-bond donors (Lipinski definition) is 3. The van der Waals surface area contributed by atoms with Gasteiger partial charge >= 0.3 is 6.03 Å². The number of aliphatic hydroxyl groups is 1. The summed E-state index contributed by atoms with van der Waals surface area (Å²) in [6, 6.07) is 6.83. The highest BCUT2D eigenvalue weighted by Gasteiger charge is 2.35. The lowest BCUT2D eigenvalue weighted by molar-refractivity contribution is 0.0387. The molecule has 3 N–H and O–H groups in total. The van der Waals surface area contributed by atoms with Crippen LogP contribution in [0.4, 0.5) is 16.2 Å². The van der Waals surface area contributed by atoms with E-state index in [9.17, 15) is 23.1 Å². The Balaban J connectivity index is 1.62. The van der Waals surface area contributed by atoms with Gasteiger partial charge in [-0.15, -0.1) is 11.3 Å². The molecule has 1 aromatic carbocycles. The highest BCUT2D eigenvalue weighted by molar-refractivity contribution is 7.91. The Morgan fingerprint density at radius 1 is 1.30 bits per heavy atom. The van der Waals surface area contributed by atoms with Crippen molar-refractivity contribution in [2.45, 2.75) is 44.0 Å². The molecule has 1 aliphatic heterocycles. The minimum absolute atomic E-state index is 0.0379. The summed E-state index contributed by atoms with van der Waals surface area (Å²) in [6.07, 6.45) is -0.610. The smallest absolute Gasteiger partial charge is 0.323 e. The molecule has 0 saturated carbocycles. The first kappa shape index (κ1) is 29.5. The summed E-state index contributed by atoms with van der Waals surface area (Å²) in [7, 11) is -2.23. The quantitative estimate of drug-likeness (QED) is 0.359. The number of aliphatic hydroxyl groups excluding tert-OH is 1. The van der Waals surface area contributed by atoms with Crippen molar-refractivity contribution in [1.29, 1.82) is 0 Å². The number of amides is 3. The van der Waals surface area contributed by atoms with Gasteiger partial charge in [0, 0.05) is 25.2 Å². The number of aryl methyl sites for hydroxylation is 2. The lowest BCUT2D eigenvalue weighted by Gasteiger charge is -2.38. The van der Waals surface area contributed by atoms with Crippen LogP contribution in [0, 0.1) is 19.8 Å². The number of likely N-dealkylation sites (N-methyl/N-ethyl adjacent to an activating group) is 1. The Morgan fingerprint density at radius 3 is 2.67 bits per heavy atom. The van der Waals surface area contributed by atoms with Crippen LogP contribution in [0.15, 0.2) is 44.4 Å². The van der Waals surface area contributed by atoms with Gasteiger partial charge in [0.1, 0.15) is 27.4 Å². The number of nitrogens with zero attached hydrogens (tertiary/aromatic N) is 3. The van der Waals surface area contributed by atoms with Crippen LogP contribution < -0.4 is 15.4 Å². The van der Waals surface area contributed by atoms with Gasteiger partial charge in [0.25, 0.3) is 15.9 Å². The van der Waals surface area contributed by atoms with Crippen LogP contribution in [0.25, 0.3) is 0 Å². The van der Waals surface area contributed by atoms with Crippen molar-refractivity contribution >= 4 is 44.7 Å². The third-order valence-corrected chi connectivity index (χ3v) is 9.99. The normalized spacial score (nSPS) is 18.5. The van der Waals surface area contributed by atoms with Crippen LogP contribution in [-0.4, -0.2) is 78.7 Å². The first-order valence-corrected chi connectivity index (χ1v) is 15.0. The SMILES string of the molecule is Cc1noc(C)c1NC(=O)Nc1ccc2c(c1)C(=O)N([C@@H](C)CO)C[C@@H](C)[C@H](CN(C)S(=O)(=O)c1cccs1)O2. The molecular formula is C26H33N5O7S2. The van der Waals surface area contributed by atoms with Crippen molar-refractivity contribution in [2.75, 3.05) is 37.4 Å². The molecule has 0 bridgehead atoms. The van der Waals surface area contributed by atoms with Crippen molar-refractivity contribution in [3.8, 4) is 5.75 Å². The van der Waals surface area contributed by atoms with Gasteiger partial charge in [-0.05, 0) is 50.4 Å². The highest BCUT2D eigenvalue weighted by atomic mass is 32.2. The van der Waals surface area contributed by atoms with Crippen molar-refractivity contribution in [2.24, 2.45) is 5.92 Å². The minimum Gasteiger partial charge on any atom is -0.488 e. The van der Waals surface area contributed by atoms with Gasteiger partial charge in [0.2, 0.25) is 0 Å². The van der Waals surface area contributed by atoms with Gasteiger partial charge in [0.05, 0.1) is 24.8 Å². The third-order valence-electron chi connectivity index (χ3n) is 6.79. The zero-order chi connectivity index (χ0) is 29.2. The van der Waals surface area contributed by atoms with E-state index in [0.717, 1.165) is 11.3 Å². The Labute approximate surface area is 237 Å². The van der Waals surface area contributed by atoms with E-state index < -0.39 is 28.2 Å². The Morgan fingerprint density at radius 2 is 2.05 bits per heavy atom. The summed E-state index contributed by atoms with van der Waals surface area (Å²) in [5.74, 6) is 0.0476. The number of nitrogens with one attached hydrogen (secondary N) is 2. The van der Waals surface area contributed by atoms with Crippen LogP contribution in [-0.2, 0) is 10.0 Å². The number of thiophene rings is 1. The fourth-order valence-electron chi connectivity index (χ4n) is 4.37. The molecule has 1 aliphatic rings. The Kier molecular flexibility index (Phi) is 8.83. The summed E-state index contributed by atoms with van der Waals surface area (Å²) in [5.41, 5.74) is 1.48. The predicted molar refractivity (Wildman–Crippen MR) is 150 cm³/mol. The zero-order valence-corrected chi connectivity index (χ0v) is 24.5. The van der Waals surface area contributed by atoms with Gasteiger partial charge < -0.3 is 29.9 Å². The van der Waals surface area contributed by atoms with E-state index in [1.807, 2.05) is 6.92 Å². The molecule has 4 rings (SSSR count). The minimum atomic E-state index is -3.72. The van der Waals surface area contributed by atoms with Crippen LogP contribution in [0.2, 0.25) is 0 Å². The van der Waals surface area contributed by atoms with Gasteiger partial charge in [-0.2, -0.15) is 4.31 Å². The lowest BCUT2D eigenvalue weighted by Crippen LogP contribution is -2.50. The number of ether oxygens (including phenoxy) is 1. The van der Waals surface area contributed by atoms with E-state index in [0.29, 0.717) is 22.8 Å². The second kappa shape index (κ2) is 12.0. The molecule has 3 heterocycles. The number of urea groups is 1. The first-order valence-electron chi connectivity index (χ1n) is 12.7. The van der Waals surface area contributed by atoms with Crippen molar-refractivity contribution in [3.05, 3.63) is 52.7 Å². The molecule has 2 aromatic heterocycles. The van der Waals surface area contributed by atoms with E-state index in [2.05, 4.69) is 15.8 Å². The number of anilines is 2. The fraction of sp³-hybridized carbons (Fsp3) is 0.423. The average molecular weight is 592 g/mol. The topological polar surface area (TPSA) is 154 Å². The van der Waals surface area contributed by atoms with E-state index in [4.69, 9.17) is 9.26 Å². The number of hydrogen-bond acceptors (Lipinski definition) is 9. The molecule has 0 aliphatic carbocycles. The number of sulfonamides is 1. The van der Waals surface area contributed by atoms with Crippen LogP contribution in [0.3, 0.4) is 0 Å². The Hall–Kier alpha value is -3.46. The fourth-order valence-corrected chi connectivity index (χ4v) is 6.75. The number of rotatable bonds is 8. The maximum atomic E-state index is 13.6. The molecule has 3 atom stereocenters. The monoisotopic (exact) mass is 591 g/mol. The summed E-state index contributed by atoms with van der Waals surface area (Å²) in [4.78, 5) is 27.9. The van der Waals surface area contributed by atoms with Gasteiger partial charge in [-0.3, -0.25) is 4.79 Å². The second-order valence-electron chi connectivity index (χ2n) is 9.83. The molecule has 216 valence electrons. The van der Waals surface area contributed by atoms with Crippen LogP contribution in [0.1, 0.15) is 35.7 Å². The zero-order valence-electron chi connectivity index (χ0n) is 22.9. The van der Waals surface area contributed by atoms with Gasteiger partial charge in [-0.25, -0.2) is 13.2 Å². The largest absolute Gasteiger partial charge is 0.488 e. The average Bonchev–Trinajstić information content (AvgIpc) is 3.57. The van der Waals surface area contributed by atoms with Crippen molar-refractivity contribution < 1.29 is 32.4 Å². The van der Waals surface area contributed by atoms with Crippen molar-refractivity contribution in [1.82, 2.24) is 14.4 Å². The molecule has 40 heavy (non-hydrogen) atoms. The molecule has 14 heteroatoms. The Bertz CT molecular complexity index is 1450. The maximum absolute atomic E-state index is 13.6. The number of fused-ring (bicyclic) bond motifs is 1. The van der Waals surface area contributed by atoms with Gasteiger partial charge in [0.15, 0.2) is 5.76 Å². The number of aromatic nitrogens is 1. The summed E-state index contributed by atoms with van der Waals surface area (Å²) >= 11 is 1.13. The van der Waals surface area contributed by atoms with E-state index in [-0.39, 0.29) is 47.0 Å². The van der Waals surface area contributed by atoms with Gasteiger partial charge in [-0.1, -0.05) is 18.1 Å².